The van der Waals surface area contributed by atoms with Gasteiger partial charge in [0.15, 0.2) is 0 Å². The van der Waals surface area contributed by atoms with E-state index < -0.39 is 0 Å². The maximum atomic E-state index is 14.0. The first-order chi connectivity index (χ1) is 13.2. The van der Waals surface area contributed by atoms with E-state index in [2.05, 4.69) is 22.3 Å². The highest BCUT2D eigenvalue weighted by Gasteiger charge is 2.54. The lowest BCUT2D eigenvalue weighted by atomic mass is 9.82. The number of rotatable bonds is 5. The van der Waals surface area contributed by atoms with Crippen LogP contribution in [0.15, 0.2) is 42.5 Å². The molecule has 0 aliphatic carbocycles. The lowest BCUT2D eigenvalue weighted by Crippen LogP contribution is -2.33. The van der Waals surface area contributed by atoms with Crippen molar-refractivity contribution in [3.8, 4) is 5.75 Å². The first-order valence-electron chi connectivity index (χ1n) is 9.82. The summed E-state index contributed by atoms with van der Waals surface area (Å²) in [6.07, 6.45) is 2.61. The van der Waals surface area contributed by atoms with E-state index in [1.165, 1.54) is 24.5 Å². The first-order valence-corrected chi connectivity index (χ1v) is 10.2. The molecule has 7 heteroatoms. The Hall–Kier alpha value is -1.04. The van der Waals surface area contributed by atoms with Crippen LogP contribution in [0, 0.1) is 17.7 Å². The van der Waals surface area contributed by atoms with Gasteiger partial charge >= 0.3 is 0 Å². The third kappa shape index (κ3) is 4.11. The van der Waals surface area contributed by atoms with E-state index in [0.717, 1.165) is 37.2 Å². The maximum absolute atomic E-state index is 14.0. The van der Waals surface area contributed by atoms with E-state index in [1.54, 1.807) is 12.1 Å². The van der Waals surface area contributed by atoms with Gasteiger partial charge in [0.05, 0.1) is 5.02 Å². The predicted molar refractivity (Wildman–Crippen MR) is 119 cm³/mol. The SMILES string of the molecule is Cl.Cl.Fc1cccc(Cl)c1COc1ccccc1CN1[C@@H]2CC[C@H]1[C@H]1CNC[C@H]12. The number of para-hydroxylation sites is 1. The van der Waals surface area contributed by atoms with Crippen LogP contribution in [0.1, 0.15) is 24.0 Å². The molecule has 0 unspecified atom stereocenters. The van der Waals surface area contributed by atoms with Gasteiger partial charge in [-0.15, -0.1) is 24.8 Å². The van der Waals surface area contributed by atoms with Gasteiger partial charge in [-0.25, -0.2) is 4.39 Å². The normalized spacial score (nSPS) is 27.2. The van der Waals surface area contributed by atoms with Crippen LogP contribution in [-0.4, -0.2) is 30.1 Å². The van der Waals surface area contributed by atoms with Crippen LogP contribution >= 0.6 is 36.4 Å². The van der Waals surface area contributed by atoms with E-state index in [0.29, 0.717) is 22.7 Å². The van der Waals surface area contributed by atoms with Crippen LogP contribution in [0.2, 0.25) is 5.02 Å². The Balaban J connectivity index is 0.00000120. The number of ether oxygens (including phenoxy) is 1. The summed E-state index contributed by atoms with van der Waals surface area (Å²) in [5.74, 6) is 2.10. The summed E-state index contributed by atoms with van der Waals surface area (Å²) in [4.78, 5) is 2.69. The van der Waals surface area contributed by atoms with Crippen molar-refractivity contribution >= 4 is 36.4 Å². The second kappa shape index (κ2) is 9.40. The maximum Gasteiger partial charge on any atom is 0.131 e. The zero-order valence-corrected chi connectivity index (χ0v) is 18.4. The minimum absolute atomic E-state index is 0. The predicted octanol–water partition coefficient (Wildman–Crippen LogP) is 5.08. The molecule has 0 saturated carbocycles. The Morgan fingerprint density at radius 1 is 1.00 bits per heavy atom. The topological polar surface area (TPSA) is 24.5 Å². The Morgan fingerprint density at radius 3 is 2.38 bits per heavy atom. The van der Waals surface area contributed by atoms with Crippen LogP contribution in [0.3, 0.4) is 0 Å². The van der Waals surface area contributed by atoms with E-state index >= 15 is 0 Å². The van der Waals surface area contributed by atoms with Gasteiger partial charge in [0, 0.05) is 29.8 Å². The van der Waals surface area contributed by atoms with Crippen molar-refractivity contribution in [1.29, 1.82) is 0 Å². The van der Waals surface area contributed by atoms with Crippen molar-refractivity contribution < 1.29 is 9.13 Å². The van der Waals surface area contributed by atoms with Crippen molar-refractivity contribution in [2.75, 3.05) is 13.1 Å². The number of nitrogens with zero attached hydrogens (tertiary/aromatic N) is 1. The van der Waals surface area contributed by atoms with Crippen LogP contribution in [0.25, 0.3) is 0 Å². The van der Waals surface area contributed by atoms with Gasteiger partial charge in [0.2, 0.25) is 0 Å². The summed E-state index contributed by atoms with van der Waals surface area (Å²) in [6, 6.07) is 14.2. The molecular formula is C22H26Cl3FN2O. The molecule has 0 spiro atoms. The fourth-order valence-electron chi connectivity index (χ4n) is 5.43. The quantitative estimate of drug-likeness (QED) is 0.674. The zero-order valence-electron chi connectivity index (χ0n) is 16.0. The monoisotopic (exact) mass is 458 g/mol. The molecule has 4 atom stereocenters. The highest BCUT2D eigenvalue weighted by Crippen LogP contribution is 2.48. The van der Waals surface area contributed by atoms with Crippen LogP contribution < -0.4 is 10.1 Å². The van der Waals surface area contributed by atoms with E-state index in [1.807, 2.05) is 12.1 Å². The molecule has 2 bridgehead atoms. The van der Waals surface area contributed by atoms with Crippen molar-refractivity contribution in [2.45, 2.75) is 38.1 Å². The third-order valence-corrected chi connectivity index (χ3v) is 7.02. The fourth-order valence-corrected chi connectivity index (χ4v) is 5.65. The molecule has 2 aromatic carbocycles. The average molecular weight is 460 g/mol. The molecule has 0 radical (unpaired) electrons. The van der Waals surface area contributed by atoms with Gasteiger partial charge < -0.3 is 10.1 Å². The van der Waals surface area contributed by atoms with Gasteiger partial charge in [-0.1, -0.05) is 35.9 Å². The van der Waals surface area contributed by atoms with Gasteiger partial charge in [-0.05, 0) is 56.0 Å². The number of hydrogen-bond acceptors (Lipinski definition) is 3. The number of fused-ring (bicyclic) bond motifs is 5. The summed E-state index contributed by atoms with van der Waals surface area (Å²) >= 11 is 6.14. The largest absolute Gasteiger partial charge is 0.488 e. The highest BCUT2D eigenvalue weighted by molar-refractivity contribution is 6.31. The van der Waals surface area contributed by atoms with E-state index in [-0.39, 0.29) is 37.2 Å². The number of halogens is 4. The van der Waals surface area contributed by atoms with Gasteiger partial charge in [-0.3, -0.25) is 4.90 Å². The van der Waals surface area contributed by atoms with Gasteiger partial charge in [0.1, 0.15) is 18.2 Å². The number of nitrogens with one attached hydrogen (secondary N) is 1. The summed E-state index contributed by atoms with van der Waals surface area (Å²) < 4.78 is 20.1. The van der Waals surface area contributed by atoms with Crippen molar-refractivity contribution in [1.82, 2.24) is 10.2 Å². The molecule has 3 heterocycles. The molecule has 158 valence electrons. The molecule has 29 heavy (non-hydrogen) atoms. The molecule has 5 rings (SSSR count). The average Bonchev–Trinajstić information content (AvgIpc) is 3.35. The smallest absolute Gasteiger partial charge is 0.131 e. The fraction of sp³-hybridized carbons (Fsp3) is 0.455. The number of hydrogen-bond donors (Lipinski definition) is 1. The lowest BCUT2D eigenvalue weighted by Gasteiger charge is -2.25. The zero-order chi connectivity index (χ0) is 18.4. The molecule has 0 aromatic heterocycles. The van der Waals surface area contributed by atoms with Crippen LogP contribution in [-0.2, 0) is 13.2 Å². The standard InChI is InChI=1S/C22H24ClFN2O.2ClH/c23-18-5-3-6-19(24)17(18)13-27-22-7-2-1-4-14(22)12-26-20-8-9-21(26)16-11-25-10-15(16)20;;/h1-7,15-16,20-21,25H,8-13H2;2*1H/t15-,16+,20-,21+;;. The minimum atomic E-state index is -0.321. The molecule has 3 aliphatic heterocycles. The second-order valence-corrected chi connectivity index (χ2v) is 8.37. The van der Waals surface area contributed by atoms with E-state index in [4.69, 9.17) is 16.3 Å². The highest BCUT2D eigenvalue weighted by atomic mass is 35.5. The molecule has 0 amide bonds. The van der Waals surface area contributed by atoms with Crippen molar-refractivity contribution in [3.05, 3.63) is 64.4 Å². The molecule has 1 N–H and O–H groups in total. The molecule has 3 nitrogen and oxygen atoms in total. The van der Waals surface area contributed by atoms with Crippen molar-refractivity contribution in [3.63, 3.8) is 0 Å². The summed E-state index contributed by atoms with van der Waals surface area (Å²) in [7, 11) is 0. The molecular weight excluding hydrogens is 434 g/mol. The lowest BCUT2D eigenvalue weighted by molar-refractivity contribution is 0.212. The number of benzene rings is 2. The van der Waals surface area contributed by atoms with Gasteiger partial charge in [0.25, 0.3) is 0 Å². The molecule has 2 aromatic rings. The molecule has 3 fully saturated rings. The van der Waals surface area contributed by atoms with Gasteiger partial charge in [-0.2, -0.15) is 0 Å². The Morgan fingerprint density at radius 2 is 1.69 bits per heavy atom. The van der Waals surface area contributed by atoms with E-state index in [9.17, 15) is 4.39 Å². The Kier molecular flexibility index (Phi) is 7.34. The summed E-state index contributed by atoms with van der Waals surface area (Å²) in [6.45, 7) is 3.37. The summed E-state index contributed by atoms with van der Waals surface area (Å²) in [5.41, 5.74) is 1.59. The van der Waals surface area contributed by atoms with Crippen molar-refractivity contribution in [2.24, 2.45) is 11.8 Å². The third-order valence-electron chi connectivity index (χ3n) is 6.67. The molecule has 3 saturated heterocycles. The Labute approximate surface area is 188 Å². The van der Waals surface area contributed by atoms with Crippen LogP contribution in [0.5, 0.6) is 5.75 Å². The first kappa shape index (κ1) is 22.6. The summed E-state index contributed by atoms with van der Waals surface area (Å²) in [5, 5.41) is 3.98. The van der Waals surface area contributed by atoms with Crippen LogP contribution in [0.4, 0.5) is 4.39 Å². The molecule has 3 aliphatic rings. The second-order valence-electron chi connectivity index (χ2n) is 7.97. The minimum Gasteiger partial charge on any atom is -0.488 e. The Bertz CT molecular complexity index is 814.